The van der Waals surface area contributed by atoms with Crippen LogP contribution >= 0.6 is 15.9 Å². The van der Waals surface area contributed by atoms with Crippen molar-refractivity contribution in [3.63, 3.8) is 0 Å². The highest BCUT2D eigenvalue weighted by molar-refractivity contribution is 9.10. The lowest BCUT2D eigenvalue weighted by molar-refractivity contribution is 0.0695. The van der Waals surface area contributed by atoms with Crippen LogP contribution in [0.1, 0.15) is 28.8 Å². The molecule has 22 heavy (non-hydrogen) atoms. The van der Waals surface area contributed by atoms with E-state index >= 15 is 0 Å². The number of rotatable bonds is 5. The lowest BCUT2D eigenvalue weighted by Crippen LogP contribution is -2.42. The molecule has 1 aliphatic heterocycles. The summed E-state index contributed by atoms with van der Waals surface area (Å²) in [5.41, 5.74) is 1.16. The Hall–Kier alpha value is -1.21. The average Bonchev–Trinajstić information content (AvgIpc) is 2.47. The summed E-state index contributed by atoms with van der Waals surface area (Å²) in [4.78, 5) is 13.0. The standard InChI is InChI=1S/C15H18BrF2NO3/c1-9-12(15(20)21)6-10(16)7-13(9)19(8-14(17)18)11-2-4-22-5-3-11/h6-7,11,14H,2-5,8H2,1H3,(H,20,21). The van der Waals surface area contributed by atoms with Crippen LogP contribution in [0.2, 0.25) is 0 Å². The van der Waals surface area contributed by atoms with Gasteiger partial charge in [-0.3, -0.25) is 0 Å². The van der Waals surface area contributed by atoms with Crippen LogP contribution in [0.5, 0.6) is 0 Å². The van der Waals surface area contributed by atoms with E-state index in [2.05, 4.69) is 15.9 Å². The average molecular weight is 378 g/mol. The van der Waals surface area contributed by atoms with Crippen LogP contribution in [-0.2, 0) is 4.74 Å². The number of benzene rings is 1. The number of carboxylic acids is 1. The van der Waals surface area contributed by atoms with Crippen molar-refractivity contribution in [1.29, 1.82) is 0 Å². The molecule has 1 fully saturated rings. The molecule has 0 saturated carbocycles. The molecule has 0 atom stereocenters. The summed E-state index contributed by atoms with van der Waals surface area (Å²) >= 11 is 3.27. The molecule has 1 aromatic carbocycles. The number of aromatic carboxylic acids is 1. The van der Waals surface area contributed by atoms with Gasteiger partial charge in [0.2, 0.25) is 0 Å². The number of halogens is 3. The van der Waals surface area contributed by atoms with E-state index in [1.165, 1.54) is 6.07 Å². The molecule has 0 bridgehead atoms. The Labute approximate surface area is 136 Å². The van der Waals surface area contributed by atoms with Crippen LogP contribution in [-0.4, -0.2) is 43.3 Å². The van der Waals surface area contributed by atoms with Gasteiger partial charge in [0.25, 0.3) is 6.43 Å². The van der Waals surface area contributed by atoms with Gasteiger partial charge in [0.15, 0.2) is 0 Å². The molecule has 1 aliphatic rings. The predicted molar refractivity (Wildman–Crippen MR) is 83.0 cm³/mol. The van der Waals surface area contributed by atoms with E-state index in [0.717, 1.165) is 0 Å². The van der Waals surface area contributed by atoms with Gasteiger partial charge in [0, 0.05) is 29.4 Å². The Morgan fingerprint density at radius 3 is 2.64 bits per heavy atom. The first kappa shape index (κ1) is 17.1. The van der Waals surface area contributed by atoms with Gasteiger partial charge in [-0.15, -0.1) is 0 Å². The van der Waals surface area contributed by atoms with Crippen molar-refractivity contribution in [2.45, 2.75) is 32.2 Å². The van der Waals surface area contributed by atoms with E-state index in [1.807, 2.05) is 0 Å². The molecule has 1 heterocycles. The van der Waals surface area contributed by atoms with Gasteiger partial charge < -0.3 is 14.7 Å². The van der Waals surface area contributed by atoms with Gasteiger partial charge in [-0.1, -0.05) is 15.9 Å². The molecular formula is C15H18BrF2NO3. The van der Waals surface area contributed by atoms with E-state index in [0.29, 0.717) is 41.8 Å². The lowest BCUT2D eigenvalue weighted by Gasteiger charge is -2.37. The quantitative estimate of drug-likeness (QED) is 0.849. The third kappa shape index (κ3) is 3.95. The zero-order valence-corrected chi connectivity index (χ0v) is 13.8. The van der Waals surface area contributed by atoms with Crippen molar-refractivity contribution in [1.82, 2.24) is 0 Å². The molecule has 0 spiro atoms. The highest BCUT2D eigenvalue weighted by Crippen LogP contribution is 2.32. The van der Waals surface area contributed by atoms with Crippen LogP contribution in [0, 0.1) is 6.92 Å². The van der Waals surface area contributed by atoms with Gasteiger partial charge in [-0.25, -0.2) is 13.6 Å². The van der Waals surface area contributed by atoms with Crippen molar-refractivity contribution in [2.24, 2.45) is 0 Å². The molecule has 1 N–H and O–H groups in total. The maximum atomic E-state index is 13.0. The summed E-state index contributed by atoms with van der Waals surface area (Å²) in [7, 11) is 0. The van der Waals surface area contributed by atoms with E-state index in [-0.39, 0.29) is 11.6 Å². The number of carbonyl (C=O) groups is 1. The van der Waals surface area contributed by atoms with Crippen LogP contribution < -0.4 is 4.90 Å². The van der Waals surface area contributed by atoms with Crippen molar-refractivity contribution >= 4 is 27.6 Å². The smallest absolute Gasteiger partial charge is 0.336 e. The van der Waals surface area contributed by atoms with Crippen LogP contribution in [0.3, 0.4) is 0 Å². The first-order valence-electron chi connectivity index (χ1n) is 7.06. The summed E-state index contributed by atoms with van der Waals surface area (Å²) < 4.78 is 31.9. The third-order valence-corrected chi connectivity index (χ3v) is 4.31. The Bertz CT molecular complexity index is 548. The van der Waals surface area contributed by atoms with Gasteiger partial charge in [-0.05, 0) is 37.5 Å². The van der Waals surface area contributed by atoms with Crippen LogP contribution in [0.25, 0.3) is 0 Å². The normalized spacial score (nSPS) is 16.0. The highest BCUT2D eigenvalue weighted by atomic mass is 79.9. The number of alkyl halides is 2. The second-order valence-corrected chi connectivity index (χ2v) is 6.21. The first-order chi connectivity index (χ1) is 10.4. The van der Waals surface area contributed by atoms with E-state index in [1.54, 1.807) is 17.9 Å². The Balaban J connectivity index is 2.43. The fourth-order valence-electron chi connectivity index (χ4n) is 2.77. The number of anilines is 1. The number of hydrogen-bond acceptors (Lipinski definition) is 3. The van der Waals surface area contributed by atoms with E-state index in [9.17, 15) is 18.7 Å². The topological polar surface area (TPSA) is 49.8 Å². The lowest BCUT2D eigenvalue weighted by atomic mass is 10.0. The van der Waals surface area contributed by atoms with Crippen LogP contribution in [0.15, 0.2) is 16.6 Å². The molecule has 0 aliphatic carbocycles. The summed E-state index contributed by atoms with van der Waals surface area (Å²) in [5, 5.41) is 9.28. The Morgan fingerprint density at radius 1 is 1.45 bits per heavy atom. The Morgan fingerprint density at radius 2 is 2.09 bits per heavy atom. The molecule has 4 nitrogen and oxygen atoms in total. The fourth-order valence-corrected chi connectivity index (χ4v) is 3.22. The molecule has 1 saturated heterocycles. The van der Waals surface area contributed by atoms with Crippen molar-refractivity contribution in [3.8, 4) is 0 Å². The van der Waals surface area contributed by atoms with Gasteiger partial charge in [0.1, 0.15) is 0 Å². The van der Waals surface area contributed by atoms with Gasteiger partial charge in [0.05, 0.1) is 12.1 Å². The Kier molecular flexibility index (Phi) is 5.74. The predicted octanol–water partition coefficient (Wildman–Crippen LogP) is 3.71. The minimum Gasteiger partial charge on any atom is -0.478 e. The summed E-state index contributed by atoms with van der Waals surface area (Å²) in [5.74, 6) is -1.07. The number of nitrogens with zero attached hydrogens (tertiary/aromatic N) is 1. The minimum absolute atomic E-state index is 0.0719. The second-order valence-electron chi connectivity index (χ2n) is 5.29. The SMILES string of the molecule is Cc1c(C(=O)O)cc(Br)cc1N(CC(F)F)C1CCOCC1. The minimum atomic E-state index is -2.49. The van der Waals surface area contributed by atoms with E-state index in [4.69, 9.17) is 4.74 Å². The van der Waals surface area contributed by atoms with Gasteiger partial charge >= 0.3 is 5.97 Å². The monoisotopic (exact) mass is 377 g/mol. The van der Waals surface area contributed by atoms with E-state index < -0.39 is 18.9 Å². The van der Waals surface area contributed by atoms with Crippen molar-refractivity contribution < 1.29 is 23.4 Å². The van der Waals surface area contributed by atoms with Gasteiger partial charge in [-0.2, -0.15) is 0 Å². The largest absolute Gasteiger partial charge is 0.478 e. The number of carboxylic acid groups (broad SMARTS) is 1. The molecule has 0 amide bonds. The summed E-state index contributed by atoms with van der Waals surface area (Å²) in [6.45, 7) is 2.30. The highest BCUT2D eigenvalue weighted by Gasteiger charge is 2.27. The molecule has 0 aromatic heterocycles. The molecule has 0 unspecified atom stereocenters. The van der Waals surface area contributed by atoms with Crippen LogP contribution in [0.4, 0.5) is 14.5 Å². The zero-order chi connectivity index (χ0) is 16.3. The number of ether oxygens (including phenoxy) is 1. The number of hydrogen-bond donors (Lipinski definition) is 1. The second kappa shape index (κ2) is 7.37. The molecule has 0 radical (unpaired) electrons. The maximum Gasteiger partial charge on any atom is 0.336 e. The molecule has 7 heteroatoms. The molecule has 122 valence electrons. The van der Waals surface area contributed by atoms with Crippen molar-refractivity contribution in [2.75, 3.05) is 24.7 Å². The third-order valence-electron chi connectivity index (χ3n) is 3.85. The molecule has 1 aromatic rings. The summed E-state index contributed by atoms with van der Waals surface area (Å²) in [6, 6.07) is 3.13. The first-order valence-corrected chi connectivity index (χ1v) is 7.85. The molecule has 2 rings (SSSR count). The summed E-state index contributed by atoms with van der Waals surface area (Å²) in [6.07, 6.45) is -1.18. The molecular weight excluding hydrogens is 360 g/mol. The maximum absolute atomic E-state index is 13.0. The fraction of sp³-hybridized carbons (Fsp3) is 0.533. The zero-order valence-electron chi connectivity index (χ0n) is 12.2. The van der Waals surface area contributed by atoms with Crippen molar-refractivity contribution in [3.05, 3.63) is 27.7 Å².